The lowest BCUT2D eigenvalue weighted by atomic mass is 10.0. The van der Waals surface area contributed by atoms with Gasteiger partial charge in [0.1, 0.15) is 12.1 Å². The van der Waals surface area contributed by atoms with Crippen molar-refractivity contribution in [3.63, 3.8) is 0 Å². The van der Waals surface area contributed by atoms with Gasteiger partial charge in [0.05, 0.1) is 6.04 Å². The van der Waals surface area contributed by atoms with Gasteiger partial charge in [0.2, 0.25) is 0 Å². The molecule has 0 radical (unpaired) electrons. The maximum absolute atomic E-state index is 13.2. The SMILES string of the molecule is Cc1cc(F)cc(C(N)c2cncnc2)c1. The van der Waals surface area contributed by atoms with Crippen molar-refractivity contribution < 1.29 is 4.39 Å². The number of nitrogens with two attached hydrogens (primary N) is 1. The topological polar surface area (TPSA) is 51.8 Å². The first-order valence-corrected chi connectivity index (χ1v) is 4.94. The smallest absolute Gasteiger partial charge is 0.123 e. The third-order valence-electron chi connectivity index (χ3n) is 2.36. The lowest BCUT2D eigenvalue weighted by Gasteiger charge is -2.12. The lowest BCUT2D eigenvalue weighted by Crippen LogP contribution is -2.12. The molecule has 0 fully saturated rings. The van der Waals surface area contributed by atoms with Gasteiger partial charge in [-0.2, -0.15) is 0 Å². The van der Waals surface area contributed by atoms with Gasteiger partial charge in [-0.1, -0.05) is 6.07 Å². The Morgan fingerprint density at radius 1 is 1.12 bits per heavy atom. The van der Waals surface area contributed by atoms with E-state index in [1.807, 2.05) is 13.0 Å². The standard InChI is InChI=1S/C12H12FN3/c1-8-2-9(4-11(13)3-8)12(14)10-5-15-7-16-6-10/h2-7,12H,14H2,1H3. The Balaban J connectivity index is 2.37. The minimum Gasteiger partial charge on any atom is -0.320 e. The van der Waals surface area contributed by atoms with E-state index in [1.165, 1.54) is 18.5 Å². The van der Waals surface area contributed by atoms with Crippen LogP contribution in [-0.2, 0) is 0 Å². The predicted octanol–water partition coefficient (Wildman–Crippen LogP) is 1.97. The minimum atomic E-state index is -0.393. The van der Waals surface area contributed by atoms with Gasteiger partial charge in [-0.25, -0.2) is 14.4 Å². The Morgan fingerprint density at radius 3 is 2.44 bits per heavy atom. The molecule has 0 aliphatic carbocycles. The maximum Gasteiger partial charge on any atom is 0.123 e. The van der Waals surface area contributed by atoms with E-state index in [9.17, 15) is 4.39 Å². The Morgan fingerprint density at radius 2 is 1.81 bits per heavy atom. The summed E-state index contributed by atoms with van der Waals surface area (Å²) in [6, 6.07) is 4.37. The summed E-state index contributed by atoms with van der Waals surface area (Å²) in [5, 5.41) is 0. The van der Waals surface area contributed by atoms with Crippen molar-refractivity contribution in [3.05, 3.63) is 59.4 Å². The summed E-state index contributed by atoms with van der Waals surface area (Å²) in [7, 11) is 0. The molecule has 3 nitrogen and oxygen atoms in total. The van der Waals surface area contributed by atoms with Gasteiger partial charge in [-0.15, -0.1) is 0 Å². The molecule has 0 saturated carbocycles. The van der Waals surface area contributed by atoms with Crippen LogP contribution >= 0.6 is 0 Å². The maximum atomic E-state index is 13.2. The van der Waals surface area contributed by atoms with Gasteiger partial charge in [0.25, 0.3) is 0 Å². The van der Waals surface area contributed by atoms with Crippen LogP contribution in [0, 0.1) is 12.7 Å². The van der Waals surface area contributed by atoms with E-state index in [1.54, 1.807) is 12.4 Å². The Hall–Kier alpha value is -1.81. The highest BCUT2D eigenvalue weighted by molar-refractivity contribution is 5.31. The summed E-state index contributed by atoms with van der Waals surface area (Å²) in [5.74, 6) is -0.276. The second-order valence-corrected chi connectivity index (χ2v) is 3.71. The van der Waals surface area contributed by atoms with Crippen LogP contribution in [-0.4, -0.2) is 9.97 Å². The highest BCUT2D eigenvalue weighted by Crippen LogP contribution is 2.20. The largest absolute Gasteiger partial charge is 0.320 e. The van der Waals surface area contributed by atoms with Gasteiger partial charge in [-0.3, -0.25) is 0 Å². The van der Waals surface area contributed by atoms with Gasteiger partial charge >= 0.3 is 0 Å². The molecular formula is C12H12FN3. The molecule has 2 aromatic rings. The molecule has 1 unspecified atom stereocenters. The Bertz CT molecular complexity index is 465. The van der Waals surface area contributed by atoms with Gasteiger partial charge in [-0.05, 0) is 30.2 Å². The van der Waals surface area contributed by atoms with Crippen LogP contribution in [0.15, 0.2) is 36.9 Å². The second kappa shape index (κ2) is 4.37. The molecule has 0 bridgehead atoms. The molecule has 0 spiro atoms. The van der Waals surface area contributed by atoms with Gasteiger partial charge < -0.3 is 5.73 Å². The van der Waals surface area contributed by atoms with Crippen molar-refractivity contribution >= 4 is 0 Å². The van der Waals surface area contributed by atoms with Crippen LogP contribution in [0.2, 0.25) is 0 Å². The van der Waals surface area contributed by atoms with Crippen LogP contribution in [0.3, 0.4) is 0 Å². The van der Waals surface area contributed by atoms with E-state index in [2.05, 4.69) is 9.97 Å². The van der Waals surface area contributed by atoms with Crippen LogP contribution in [0.4, 0.5) is 4.39 Å². The second-order valence-electron chi connectivity index (χ2n) is 3.71. The first-order valence-electron chi connectivity index (χ1n) is 4.94. The fraction of sp³-hybridized carbons (Fsp3) is 0.167. The number of halogens is 1. The molecule has 1 heterocycles. The molecular weight excluding hydrogens is 205 g/mol. The van der Waals surface area contributed by atoms with Crippen molar-refractivity contribution in [2.45, 2.75) is 13.0 Å². The average Bonchev–Trinajstić information content (AvgIpc) is 2.28. The third-order valence-corrected chi connectivity index (χ3v) is 2.36. The van der Waals surface area contributed by atoms with Crippen LogP contribution in [0.25, 0.3) is 0 Å². The molecule has 1 aromatic heterocycles. The quantitative estimate of drug-likeness (QED) is 0.836. The van der Waals surface area contributed by atoms with Crippen molar-refractivity contribution in [3.8, 4) is 0 Å². The molecule has 0 aliphatic rings. The summed E-state index contributed by atoms with van der Waals surface area (Å²) in [6.07, 6.45) is 4.71. The zero-order valence-corrected chi connectivity index (χ0v) is 8.89. The van der Waals surface area contributed by atoms with Crippen molar-refractivity contribution in [1.29, 1.82) is 0 Å². The lowest BCUT2D eigenvalue weighted by molar-refractivity contribution is 0.622. The average molecular weight is 217 g/mol. The summed E-state index contributed by atoms with van der Waals surface area (Å²) in [6.45, 7) is 1.83. The summed E-state index contributed by atoms with van der Waals surface area (Å²) in [4.78, 5) is 7.78. The van der Waals surface area contributed by atoms with Crippen molar-refractivity contribution in [1.82, 2.24) is 9.97 Å². The highest BCUT2D eigenvalue weighted by Gasteiger charge is 2.10. The molecule has 4 heteroatoms. The molecule has 0 amide bonds. The predicted molar refractivity (Wildman–Crippen MR) is 59.2 cm³/mol. The van der Waals surface area contributed by atoms with Crippen molar-refractivity contribution in [2.24, 2.45) is 5.73 Å². The number of hydrogen-bond donors (Lipinski definition) is 1. The van der Waals surface area contributed by atoms with Crippen LogP contribution in [0.1, 0.15) is 22.7 Å². The fourth-order valence-corrected chi connectivity index (χ4v) is 1.61. The minimum absolute atomic E-state index is 0.276. The van der Waals surface area contributed by atoms with Gasteiger partial charge in [0, 0.05) is 18.0 Å². The van der Waals surface area contributed by atoms with E-state index < -0.39 is 6.04 Å². The van der Waals surface area contributed by atoms with E-state index in [4.69, 9.17) is 5.73 Å². The number of aromatic nitrogens is 2. The molecule has 0 saturated heterocycles. The van der Waals surface area contributed by atoms with E-state index in [0.29, 0.717) is 0 Å². The molecule has 2 N–H and O–H groups in total. The molecule has 16 heavy (non-hydrogen) atoms. The number of aryl methyl sites for hydroxylation is 1. The zero-order chi connectivity index (χ0) is 11.5. The fourth-order valence-electron chi connectivity index (χ4n) is 1.61. The highest BCUT2D eigenvalue weighted by atomic mass is 19.1. The van der Waals surface area contributed by atoms with E-state index in [-0.39, 0.29) is 5.82 Å². The Kier molecular flexibility index (Phi) is 2.92. The van der Waals surface area contributed by atoms with Crippen molar-refractivity contribution in [2.75, 3.05) is 0 Å². The summed E-state index contributed by atoms with van der Waals surface area (Å²) < 4.78 is 13.2. The monoisotopic (exact) mass is 217 g/mol. The number of benzene rings is 1. The van der Waals surface area contributed by atoms with E-state index in [0.717, 1.165) is 16.7 Å². The number of nitrogens with zero attached hydrogens (tertiary/aromatic N) is 2. The Labute approximate surface area is 93.2 Å². The first kappa shape index (κ1) is 10.7. The number of hydrogen-bond acceptors (Lipinski definition) is 3. The first-order chi connectivity index (χ1) is 7.66. The molecule has 82 valence electrons. The van der Waals surface area contributed by atoms with Crippen LogP contribution in [0.5, 0.6) is 0 Å². The summed E-state index contributed by atoms with van der Waals surface area (Å²) in [5.41, 5.74) is 8.36. The third kappa shape index (κ3) is 2.23. The summed E-state index contributed by atoms with van der Waals surface area (Å²) >= 11 is 0. The molecule has 2 rings (SSSR count). The normalized spacial score (nSPS) is 12.4. The molecule has 0 aliphatic heterocycles. The molecule has 1 atom stereocenters. The number of rotatable bonds is 2. The van der Waals surface area contributed by atoms with E-state index >= 15 is 0 Å². The zero-order valence-electron chi connectivity index (χ0n) is 8.89. The van der Waals surface area contributed by atoms with Gasteiger partial charge in [0.15, 0.2) is 0 Å². The molecule has 1 aromatic carbocycles. The van der Waals surface area contributed by atoms with Crippen LogP contribution < -0.4 is 5.73 Å².